The third kappa shape index (κ3) is 5.24. The minimum atomic E-state index is -1.28. The van der Waals surface area contributed by atoms with Crippen molar-refractivity contribution in [3.63, 3.8) is 0 Å². The highest BCUT2D eigenvalue weighted by Crippen LogP contribution is 2.33. The summed E-state index contributed by atoms with van der Waals surface area (Å²) in [5, 5.41) is 9.48. The van der Waals surface area contributed by atoms with Crippen molar-refractivity contribution < 1.29 is 19.4 Å². The summed E-state index contributed by atoms with van der Waals surface area (Å²) in [4.78, 5) is 42.8. The van der Waals surface area contributed by atoms with Crippen molar-refractivity contribution in [1.29, 1.82) is 0 Å². The van der Waals surface area contributed by atoms with E-state index >= 15 is 0 Å². The number of rotatable bonds is 8. The summed E-state index contributed by atoms with van der Waals surface area (Å²) in [6, 6.07) is 6.02. The minimum absolute atomic E-state index is 0.0663. The Balaban J connectivity index is 1.61. The van der Waals surface area contributed by atoms with E-state index in [4.69, 9.17) is 4.74 Å². The number of imidazole rings is 1. The number of amides is 2. The van der Waals surface area contributed by atoms with E-state index in [1.807, 2.05) is 18.2 Å². The second-order valence-electron chi connectivity index (χ2n) is 11.0. The molecule has 35 heavy (non-hydrogen) atoms. The number of carbonyl (C=O) groups is 2. The number of hydrogen-bond donors (Lipinski definition) is 1. The molecular formula is C25H38N4O5Si. The molecule has 3 heterocycles. The number of anilines is 1. The van der Waals surface area contributed by atoms with Crippen molar-refractivity contribution in [2.24, 2.45) is 13.0 Å². The molecule has 1 aromatic heterocycles. The normalized spacial score (nSPS) is 20.3. The fourth-order valence-electron chi connectivity index (χ4n) is 5.06. The first-order valence-corrected chi connectivity index (χ1v) is 16.3. The lowest BCUT2D eigenvalue weighted by atomic mass is 9.97. The molecule has 10 heteroatoms. The van der Waals surface area contributed by atoms with Crippen LogP contribution in [0.3, 0.4) is 0 Å². The first-order chi connectivity index (χ1) is 16.6. The first kappa shape index (κ1) is 25.7. The molecule has 1 atom stereocenters. The van der Waals surface area contributed by atoms with E-state index in [0.717, 1.165) is 43.2 Å². The van der Waals surface area contributed by atoms with Gasteiger partial charge in [0, 0.05) is 47.8 Å². The standard InChI is InChI=1S/C25H38N4O5Si/c1-26-23-19(27-12-10-18(16-30)11-13-27)6-5-7-20(23)29(25(26)33)21-8-9-22(31)28(24(21)32)17-34-14-15-35(2,3)4/h5-7,18,21,30H,8-17H2,1-4H3. The van der Waals surface area contributed by atoms with Gasteiger partial charge in [-0.25, -0.2) is 4.79 Å². The van der Waals surface area contributed by atoms with Crippen molar-refractivity contribution in [1.82, 2.24) is 14.0 Å². The highest BCUT2D eigenvalue weighted by molar-refractivity contribution is 6.76. The molecule has 1 N–H and O–H groups in total. The molecule has 2 amide bonds. The summed E-state index contributed by atoms with van der Waals surface area (Å²) in [6.07, 6.45) is 2.30. The molecule has 4 rings (SSSR count). The monoisotopic (exact) mass is 502 g/mol. The first-order valence-electron chi connectivity index (χ1n) is 12.6. The molecule has 0 aliphatic carbocycles. The smallest absolute Gasteiger partial charge is 0.329 e. The Kier molecular flexibility index (Phi) is 7.53. The van der Waals surface area contributed by atoms with E-state index in [-0.39, 0.29) is 37.3 Å². The van der Waals surface area contributed by atoms with Gasteiger partial charge in [0.05, 0.1) is 16.7 Å². The lowest BCUT2D eigenvalue weighted by Gasteiger charge is -2.33. The second-order valence-corrected chi connectivity index (χ2v) is 16.7. The number of benzene rings is 1. The molecule has 1 aromatic carbocycles. The summed E-state index contributed by atoms with van der Waals surface area (Å²) in [5.74, 6) is -0.312. The molecule has 192 valence electrons. The number of para-hydroxylation sites is 1. The number of fused-ring (bicyclic) bond motifs is 1. The van der Waals surface area contributed by atoms with E-state index in [1.54, 1.807) is 16.2 Å². The summed E-state index contributed by atoms with van der Waals surface area (Å²) in [7, 11) is 0.454. The van der Waals surface area contributed by atoms with Crippen LogP contribution in [0.2, 0.25) is 25.7 Å². The quantitative estimate of drug-likeness (QED) is 0.339. The fourth-order valence-corrected chi connectivity index (χ4v) is 5.82. The molecule has 2 fully saturated rings. The molecular weight excluding hydrogens is 464 g/mol. The van der Waals surface area contributed by atoms with Crippen molar-refractivity contribution in [2.45, 2.75) is 57.4 Å². The summed E-state index contributed by atoms with van der Waals surface area (Å²) < 4.78 is 8.89. The summed E-state index contributed by atoms with van der Waals surface area (Å²) in [6.45, 7) is 9.02. The van der Waals surface area contributed by atoms with Gasteiger partial charge in [-0.2, -0.15) is 0 Å². The number of aliphatic hydroxyl groups excluding tert-OH is 1. The van der Waals surface area contributed by atoms with Crippen LogP contribution in [-0.2, 0) is 21.4 Å². The van der Waals surface area contributed by atoms with Crippen LogP contribution in [0.5, 0.6) is 0 Å². The van der Waals surface area contributed by atoms with Gasteiger partial charge in [-0.1, -0.05) is 25.7 Å². The van der Waals surface area contributed by atoms with Crippen LogP contribution in [-0.4, -0.2) is 72.1 Å². The number of carbonyl (C=O) groups excluding carboxylic acids is 2. The number of likely N-dealkylation sites (tertiary alicyclic amines) is 1. The largest absolute Gasteiger partial charge is 0.396 e. The number of nitrogens with zero attached hydrogens (tertiary/aromatic N) is 4. The molecule has 2 aliphatic heterocycles. The Morgan fingerprint density at radius 2 is 1.80 bits per heavy atom. The van der Waals surface area contributed by atoms with Crippen LogP contribution in [0.4, 0.5) is 5.69 Å². The van der Waals surface area contributed by atoms with Gasteiger partial charge in [-0.3, -0.25) is 23.6 Å². The van der Waals surface area contributed by atoms with Crippen molar-refractivity contribution in [2.75, 3.05) is 37.9 Å². The number of imide groups is 1. The third-order valence-corrected chi connectivity index (χ3v) is 9.01. The van der Waals surface area contributed by atoms with Gasteiger partial charge in [0.1, 0.15) is 12.8 Å². The van der Waals surface area contributed by atoms with Crippen LogP contribution >= 0.6 is 0 Å². The van der Waals surface area contributed by atoms with E-state index in [9.17, 15) is 19.5 Å². The highest BCUT2D eigenvalue weighted by atomic mass is 28.3. The molecule has 2 saturated heterocycles. The fraction of sp³-hybridized carbons (Fsp3) is 0.640. The van der Waals surface area contributed by atoms with E-state index < -0.39 is 14.1 Å². The average Bonchev–Trinajstić information content (AvgIpc) is 3.08. The minimum Gasteiger partial charge on any atom is -0.396 e. The van der Waals surface area contributed by atoms with Crippen molar-refractivity contribution in [3.8, 4) is 0 Å². The molecule has 1 unspecified atom stereocenters. The van der Waals surface area contributed by atoms with Crippen LogP contribution in [0, 0.1) is 5.92 Å². The van der Waals surface area contributed by atoms with E-state index in [0.29, 0.717) is 24.5 Å². The van der Waals surface area contributed by atoms with Crippen LogP contribution in [0.1, 0.15) is 31.7 Å². The number of hydrogen-bond acceptors (Lipinski definition) is 6. The zero-order valence-electron chi connectivity index (χ0n) is 21.3. The van der Waals surface area contributed by atoms with Gasteiger partial charge in [-0.05, 0) is 43.4 Å². The number of aliphatic hydroxyl groups is 1. The van der Waals surface area contributed by atoms with Crippen molar-refractivity contribution in [3.05, 3.63) is 28.7 Å². The maximum absolute atomic E-state index is 13.4. The topological polar surface area (TPSA) is 97.0 Å². The average molecular weight is 503 g/mol. The summed E-state index contributed by atoms with van der Waals surface area (Å²) in [5.41, 5.74) is 2.20. The summed E-state index contributed by atoms with van der Waals surface area (Å²) >= 11 is 0. The predicted molar refractivity (Wildman–Crippen MR) is 138 cm³/mol. The van der Waals surface area contributed by atoms with E-state index in [1.165, 1.54) is 4.90 Å². The maximum Gasteiger partial charge on any atom is 0.329 e. The molecule has 9 nitrogen and oxygen atoms in total. The van der Waals surface area contributed by atoms with Crippen molar-refractivity contribution >= 4 is 36.6 Å². The second kappa shape index (κ2) is 10.3. The SMILES string of the molecule is Cn1c(=O)n(C2CCC(=O)N(COCC[Si](C)(C)C)C2=O)c2cccc(N3CCC(CO)CC3)c21. The van der Waals surface area contributed by atoms with Crippen LogP contribution in [0.15, 0.2) is 23.0 Å². The number of piperidine rings is 2. The zero-order chi connectivity index (χ0) is 25.3. The van der Waals surface area contributed by atoms with Gasteiger partial charge < -0.3 is 14.7 Å². The van der Waals surface area contributed by atoms with Gasteiger partial charge in [0.25, 0.3) is 5.91 Å². The van der Waals surface area contributed by atoms with Gasteiger partial charge in [0.15, 0.2) is 0 Å². The predicted octanol–water partition coefficient (Wildman–Crippen LogP) is 2.55. The Bertz CT molecular complexity index is 1140. The lowest BCUT2D eigenvalue weighted by Crippen LogP contribution is -2.48. The molecule has 0 spiro atoms. The Hall–Kier alpha value is -2.43. The van der Waals surface area contributed by atoms with E-state index in [2.05, 4.69) is 24.5 Å². The Morgan fingerprint density at radius 3 is 2.46 bits per heavy atom. The molecule has 0 saturated carbocycles. The van der Waals surface area contributed by atoms with Crippen LogP contribution in [0.25, 0.3) is 11.0 Å². The highest BCUT2D eigenvalue weighted by Gasteiger charge is 2.38. The molecule has 0 bridgehead atoms. The Morgan fingerprint density at radius 1 is 1.09 bits per heavy atom. The maximum atomic E-state index is 13.4. The lowest BCUT2D eigenvalue weighted by molar-refractivity contribution is -0.157. The van der Waals surface area contributed by atoms with Gasteiger partial charge >= 0.3 is 5.69 Å². The molecule has 0 radical (unpaired) electrons. The number of aryl methyl sites for hydroxylation is 1. The van der Waals surface area contributed by atoms with Gasteiger partial charge in [-0.15, -0.1) is 0 Å². The zero-order valence-corrected chi connectivity index (χ0v) is 22.3. The van der Waals surface area contributed by atoms with Gasteiger partial charge in [0.2, 0.25) is 5.91 Å². The Labute approximate surface area is 207 Å². The third-order valence-electron chi connectivity index (χ3n) is 7.31. The number of aromatic nitrogens is 2. The molecule has 2 aromatic rings. The molecule has 2 aliphatic rings. The number of ether oxygens (including phenoxy) is 1. The van der Waals surface area contributed by atoms with Crippen LogP contribution < -0.4 is 10.6 Å².